The van der Waals surface area contributed by atoms with E-state index in [-0.39, 0.29) is 6.79 Å². The van der Waals surface area contributed by atoms with Gasteiger partial charge in [-0.3, -0.25) is 0 Å². The Hall–Kier alpha value is -1.47. The third-order valence-corrected chi connectivity index (χ3v) is 4.05. The van der Waals surface area contributed by atoms with Crippen molar-refractivity contribution >= 4 is 21.9 Å². The summed E-state index contributed by atoms with van der Waals surface area (Å²) in [5, 5.41) is 6.61. The fraction of sp³-hybridized carbons (Fsp3) is 0.588. The first-order chi connectivity index (χ1) is 11.7. The summed E-state index contributed by atoms with van der Waals surface area (Å²) < 4.78 is 17.1. The SMILES string of the molecule is CCNC(=NCc1cc(Br)c2c(c1)OCO2)NCCCCOCC. The number of nitrogens with one attached hydrogen (secondary N) is 2. The molecule has 7 heteroatoms. The van der Waals surface area contributed by atoms with Gasteiger partial charge >= 0.3 is 0 Å². The molecular weight excluding hydrogens is 374 g/mol. The second kappa shape index (κ2) is 10.4. The van der Waals surface area contributed by atoms with Gasteiger partial charge in [0, 0.05) is 26.3 Å². The highest BCUT2D eigenvalue weighted by atomic mass is 79.9. The molecule has 2 rings (SSSR count). The normalized spacial score (nSPS) is 13.2. The highest BCUT2D eigenvalue weighted by molar-refractivity contribution is 9.10. The fourth-order valence-electron chi connectivity index (χ4n) is 2.30. The molecule has 0 saturated carbocycles. The van der Waals surface area contributed by atoms with E-state index in [2.05, 4.69) is 38.5 Å². The van der Waals surface area contributed by atoms with Crippen molar-refractivity contribution in [2.45, 2.75) is 33.2 Å². The van der Waals surface area contributed by atoms with Gasteiger partial charge in [0.25, 0.3) is 0 Å². The van der Waals surface area contributed by atoms with Crippen LogP contribution in [-0.2, 0) is 11.3 Å². The van der Waals surface area contributed by atoms with Crippen molar-refractivity contribution in [2.24, 2.45) is 4.99 Å². The molecule has 0 bridgehead atoms. The predicted molar refractivity (Wildman–Crippen MR) is 98.8 cm³/mol. The number of fused-ring (bicyclic) bond motifs is 1. The van der Waals surface area contributed by atoms with Gasteiger partial charge in [0.2, 0.25) is 6.79 Å². The Morgan fingerprint density at radius 2 is 2.12 bits per heavy atom. The van der Waals surface area contributed by atoms with Gasteiger partial charge in [0.1, 0.15) is 0 Å². The molecule has 6 nitrogen and oxygen atoms in total. The quantitative estimate of drug-likeness (QED) is 0.379. The molecule has 0 unspecified atom stereocenters. The largest absolute Gasteiger partial charge is 0.454 e. The molecule has 2 N–H and O–H groups in total. The molecule has 24 heavy (non-hydrogen) atoms. The van der Waals surface area contributed by atoms with Crippen LogP contribution in [-0.4, -0.2) is 39.1 Å². The Labute approximate surface area is 152 Å². The number of hydrogen-bond acceptors (Lipinski definition) is 4. The Morgan fingerprint density at radius 3 is 2.92 bits per heavy atom. The van der Waals surface area contributed by atoms with Gasteiger partial charge in [0.15, 0.2) is 17.5 Å². The van der Waals surface area contributed by atoms with E-state index in [0.29, 0.717) is 6.54 Å². The minimum Gasteiger partial charge on any atom is -0.454 e. The first-order valence-corrected chi connectivity index (χ1v) is 9.21. The molecule has 1 heterocycles. The van der Waals surface area contributed by atoms with E-state index < -0.39 is 0 Å². The standard InChI is InChI=1S/C17H26BrN3O3/c1-3-19-17(20-7-5-6-8-22-4-2)21-11-13-9-14(18)16-15(10-13)23-12-24-16/h9-10H,3-8,11-12H2,1-2H3,(H2,19,20,21). The van der Waals surface area contributed by atoms with Gasteiger partial charge in [-0.2, -0.15) is 0 Å². The summed E-state index contributed by atoms with van der Waals surface area (Å²) in [6.45, 7) is 8.22. The molecule has 0 fully saturated rings. The molecule has 134 valence electrons. The van der Waals surface area contributed by atoms with Crippen molar-refractivity contribution in [1.29, 1.82) is 0 Å². The van der Waals surface area contributed by atoms with E-state index in [9.17, 15) is 0 Å². The molecule has 0 atom stereocenters. The Balaban J connectivity index is 1.85. The number of rotatable bonds is 9. The molecule has 1 aromatic carbocycles. The third kappa shape index (κ3) is 5.87. The van der Waals surface area contributed by atoms with Crippen LogP contribution in [0.5, 0.6) is 11.5 Å². The van der Waals surface area contributed by atoms with E-state index in [1.807, 2.05) is 19.1 Å². The van der Waals surface area contributed by atoms with Gasteiger partial charge in [-0.05, 0) is 60.3 Å². The summed E-state index contributed by atoms with van der Waals surface area (Å²) in [6, 6.07) is 3.99. The predicted octanol–water partition coefficient (Wildman–Crippen LogP) is 3.05. The van der Waals surface area contributed by atoms with Gasteiger partial charge in [-0.15, -0.1) is 0 Å². The van der Waals surface area contributed by atoms with Gasteiger partial charge in [-0.1, -0.05) is 0 Å². The summed E-state index contributed by atoms with van der Waals surface area (Å²) in [5.41, 5.74) is 1.07. The van der Waals surface area contributed by atoms with Gasteiger partial charge < -0.3 is 24.8 Å². The van der Waals surface area contributed by atoms with Crippen molar-refractivity contribution in [3.63, 3.8) is 0 Å². The zero-order chi connectivity index (χ0) is 17.2. The molecule has 1 aliphatic heterocycles. The van der Waals surface area contributed by atoms with E-state index >= 15 is 0 Å². The first kappa shape index (κ1) is 18.9. The number of ether oxygens (including phenoxy) is 3. The number of benzene rings is 1. The lowest BCUT2D eigenvalue weighted by Crippen LogP contribution is -2.37. The molecule has 0 aromatic heterocycles. The van der Waals surface area contributed by atoms with Crippen LogP contribution in [0.15, 0.2) is 21.6 Å². The first-order valence-electron chi connectivity index (χ1n) is 8.42. The third-order valence-electron chi connectivity index (χ3n) is 3.46. The van der Waals surface area contributed by atoms with Crippen LogP contribution >= 0.6 is 15.9 Å². The minimum atomic E-state index is 0.270. The van der Waals surface area contributed by atoms with E-state index in [1.165, 1.54) is 0 Å². The van der Waals surface area contributed by atoms with Crippen LogP contribution in [0.1, 0.15) is 32.3 Å². The number of guanidine groups is 1. The molecule has 0 amide bonds. The lowest BCUT2D eigenvalue weighted by atomic mass is 10.2. The van der Waals surface area contributed by atoms with Crippen molar-refractivity contribution in [3.05, 3.63) is 22.2 Å². The highest BCUT2D eigenvalue weighted by Gasteiger charge is 2.17. The molecule has 1 aromatic rings. The molecule has 0 aliphatic carbocycles. The van der Waals surface area contributed by atoms with E-state index in [1.54, 1.807) is 0 Å². The van der Waals surface area contributed by atoms with Gasteiger partial charge in [0.05, 0.1) is 11.0 Å². The minimum absolute atomic E-state index is 0.270. The summed E-state index contributed by atoms with van der Waals surface area (Å²) in [7, 11) is 0. The smallest absolute Gasteiger partial charge is 0.231 e. The topological polar surface area (TPSA) is 64.1 Å². The fourth-order valence-corrected chi connectivity index (χ4v) is 2.91. The number of aliphatic imine (C=N–C) groups is 1. The van der Waals surface area contributed by atoms with Crippen LogP contribution in [0, 0.1) is 0 Å². The van der Waals surface area contributed by atoms with Crippen LogP contribution in [0.3, 0.4) is 0 Å². The zero-order valence-corrected chi connectivity index (χ0v) is 15.9. The molecule has 0 radical (unpaired) electrons. The lowest BCUT2D eigenvalue weighted by molar-refractivity contribution is 0.143. The van der Waals surface area contributed by atoms with Crippen LogP contribution in [0.25, 0.3) is 0 Å². The summed E-state index contributed by atoms with van der Waals surface area (Å²) in [4.78, 5) is 4.63. The molecular formula is C17H26BrN3O3. The number of hydrogen-bond donors (Lipinski definition) is 2. The van der Waals surface area contributed by atoms with Crippen LogP contribution < -0.4 is 20.1 Å². The van der Waals surface area contributed by atoms with Crippen molar-refractivity contribution < 1.29 is 14.2 Å². The summed E-state index contributed by atoms with van der Waals surface area (Å²) in [5.74, 6) is 2.35. The second-order valence-electron chi connectivity index (χ2n) is 5.34. The van der Waals surface area contributed by atoms with Gasteiger partial charge in [-0.25, -0.2) is 4.99 Å². The average molecular weight is 400 g/mol. The van der Waals surface area contributed by atoms with Crippen molar-refractivity contribution in [2.75, 3.05) is 33.1 Å². The maximum Gasteiger partial charge on any atom is 0.231 e. The monoisotopic (exact) mass is 399 g/mol. The van der Waals surface area contributed by atoms with Crippen LogP contribution in [0.2, 0.25) is 0 Å². The maximum absolute atomic E-state index is 5.44. The Bertz CT molecular complexity index is 552. The van der Waals surface area contributed by atoms with E-state index in [0.717, 1.165) is 66.6 Å². The Morgan fingerprint density at radius 1 is 1.25 bits per heavy atom. The second-order valence-corrected chi connectivity index (χ2v) is 6.19. The zero-order valence-electron chi connectivity index (χ0n) is 14.4. The van der Waals surface area contributed by atoms with Crippen LogP contribution in [0.4, 0.5) is 0 Å². The maximum atomic E-state index is 5.44. The van der Waals surface area contributed by atoms with E-state index in [4.69, 9.17) is 14.2 Å². The lowest BCUT2D eigenvalue weighted by Gasteiger charge is -2.11. The molecule has 0 spiro atoms. The van der Waals surface area contributed by atoms with Crippen molar-refractivity contribution in [3.8, 4) is 11.5 Å². The summed E-state index contributed by atoms with van der Waals surface area (Å²) >= 11 is 3.51. The number of unbranched alkanes of at least 4 members (excludes halogenated alkanes) is 1. The highest BCUT2D eigenvalue weighted by Crippen LogP contribution is 2.40. The summed E-state index contributed by atoms with van der Waals surface area (Å²) in [6.07, 6.45) is 2.11. The molecule has 1 aliphatic rings. The number of nitrogens with zero attached hydrogens (tertiary/aromatic N) is 1. The van der Waals surface area contributed by atoms with Crippen molar-refractivity contribution in [1.82, 2.24) is 10.6 Å². The Kier molecular flexibility index (Phi) is 8.18. The molecule has 0 saturated heterocycles. The number of halogens is 1. The average Bonchev–Trinajstić information content (AvgIpc) is 3.05.